The zero-order chi connectivity index (χ0) is 13.1. The van der Waals surface area contributed by atoms with Crippen LogP contribution < -0.4 is 5.73 Å². The second kappa shape index (κ2) is 5.35. The zero-order valence-electron chi connectivity index (χ0n) is 11.0. The molecule has 1 aromatic rings. The third kappa shape index (κ3) is 2.79. The van der Waals surface area contributed by atoms with Crippen LogP contribution in [0.4, 0.5) is 5.82 Å². The molecule has 0 radical (unpaired) electrons. The molecular weight excluding hydrogens is 228 g/mol. The molecule has 0 saturated carbocycles. The van der Waals surface area contributed by atoms with Gasteiger partial charge in [-0.05, 0) is 45.1 Å². The van der Waals surface area contributed by atoms with E-state index in [1.54, 1.807) is 23.1 Å². The minimum absolute atomic E-state index is 0.0446. The van der Waals surface area contributed by atoms with Crippen molar-refractivity contribution in [3.63, 3.8) is 0 Å². The van der Waals surface area contributed by atoms with E-state index in [-0.39, 0.29) is 5.91 Å². The summed E-state index contributed by atoms with van der Waals surface area (Å²) in [6.07, 6.45) is 2.03. The van der Waals surface area contributed by atoms with Crippen LogP contribution in [0.3, 0.4) is 0 Å². The standard InChI is InChI=1S/C13H20N4O/c1-16-8-6-10(7-9-16)17(2)13(18)11-4-3-5-12(14)15-11/h3-5,10H,6-9H2,1-2H3,(H2,14,15). The quantitative estimate of drug-likeness (QED) is 0.842. The molecule has 18 heavy (non-hydrogen) atoms. The molecule has 1 amide bonds. The first kappa shape index (κ1) is 12.8. The fourth-order valence-electron chi connectivity index (χ4n) is 2.30. The zero-order valence-corrected chi connectivity index (χ0v) is 11.0. The van der Waals surface area contributed by atoms with E-state index in [1.807, 2.05) is 7.05 Å². The van der Waals surface area contributed by atoms with Gasteiger partial charge in [-0.25, -0.2) is 4.98 Å². The van der Waals surface area contributed by atoms with E-state index in [2.05, 4.69) is 16.9 Å². The molecule has 2 N–H and O–H groups in total. The Bertz CT molecular complexity index is 427. The van der Waals surface area contributed by atoms with Crippen LogP contribution in [0.2, 0.25) is 0 Å². The summed E-state index contributed by atoms with van der Waals surface area (Å²) in [5.41, 5.74) is 6.03. The molecule has 5 heteroatoms. The Morgan fingerprint density at radius 2 is 2.11 bits per heavy atom. The Balaban J connectivity index is 2.04. The first-order valence-electron chi connectivity index (χ1n) is 6.26. The van der Waals surface area contributed by atoms with E-state index >= 15 is 0 Å². The number of aromatic nitrogens is 1. The van der Waals surface area contributed by atoms with E-state index in [9.17, 15) is 4.79 Å². The van der Waals surface area contributed by atoms with E-state index in [1.165, 1.54) is 0 Å². The third-order valence-electron chi connectivity index (χ3n) is 3.55. The summed E-state index contributed by atoms with van der Waals surface area (Å²) < 4.78 is 0. The van der Waals surface area contributed by atoms with Crippen molar-refractivity contribution in [2.75, 3.05) is 32.9 Å². The van der Waals surface area contributed by atoms with E-state index < -0.39 is 0 Å². The van der Waals surface area contributed by atoms with Gasteiger partial charge in [-0.3, -0.25) is 4.79 Å². The Labute approximate surface area is 108 Å². The number of amides is 1. The number of carbonyl (C=O) groups is 1. The van der Waals surface area contributed by atoms with E-state index in [0.29, 0.717) is 17.6 Å². The molecule has 1 fully saturated rings. The van der Waals surface area contributed by atoms with Gasteiger partial charge in [0.1, 0.15) is 11.5 Å². The molecular formula is C13H20N4O. The summed E-state index contributed by atoms with van der Waals surface area (Å²) in [7, 11) is 3.96. The lowest BCUT2D eigenvalue weighted by atomic mass is 10.0. The molecule has 1 saturated heterocycles. The number of hydrogen-bond acceptors (Lipinski definition) is 4. The van der Waals surface area contributed by atoms with Crippen molar-refractivity contribution < 1.29 is 4.79 Å². The largest absolute Gasteiger partial charge is 0.384 e. The Morgan fingerprint density at radius 1 is 1.44 bits per heavy atom. The van der Waals surface area contributed by atoms with Crippen LogP contribution in [0.5, 0.6) is 0 Å². The molecule has 1 aliphatic heterocycles. The second-order valence-electron chi connectivity index (χ2n) is 4.90. The summed E-state index contributed by atoms with van der Waals surface area (Å²) in [6, 6.07) is 5.46. The highest BCUT2D eigenvalue weighted by Crippen LogP contribution is 2.16. The maximum Gasteiger partial charge on any atom is 0.272 e. The number of pyridine rings is 1. The molecule has 0 bridgehead atoms. The Kier molecular flexibility index (Phi) is 3.81. The lowest BCUT2D eigenvalue weighted by molar-refractivity contribution is 0.0654. The molecule has 5 nitrogen and oxygen atoms in total. The predicted molar refractivity (Wildman–Crippen MR) is 71.3 cm³/mol. The van der Waals surface area contributed by atoms with Crippen molar-refractivity contribution in [1.82, 2.24) is 14.8 Å². The number of hydrogen-bond donors (Lipinski definition) is 1. The number of carbonyl (C=O) groups excluding carboxylic acids is 1. The van der Waals surface area contributed by atoms with Crippen molar-refractivity contribution in [3.05, 3.63) is 23.9 Å². The van der Waals surface area contributed by atoms with Crippen molar-refractivity contribution in [2.24, 2.45) is 0 Å². The van der Waals surface area contributed by atoms with Crippen LogP contribution in [-0.2, 0) is 0 Å². The number of nitrogens with two attached hydrogens (primary N) is 1. The van der Waals surface area contributed by atoms with Gasteiger partial charge >= 0.3 is 0 Å². The number of rotatable bonds is 2. The van der Waals surface area contributed by atoms with E-state index in [0.717, 1.165) is 25.9 Å². The van der Waals surface area contributed by atoms with Crippen LogP contribution in [0.15, 0.2) is 18.2 Å². The van der Waals surface area contributed by atoms with Crippen LogP contribution in [0.25, 0.3) is 0 Å². The fourth-order valence-corrected chi connectivity index (χ4v) is 2.30. The van der Waals surface area contributed by atoms with Crippen LogP contribution in [-0.4, -0.2) is 53.9 Å². The predicted octanol–water partition coefficient (Wildman–Crippen LogP) is 0.830. The molecule has 0 spiro atoms. The SMILES string of the molecule is CN1CCC(N(C)C(=O)c2cccc(N)n2)CC1. The number of piperidine rings is 1. The second-order valence-corrected chi connectivity index (χ2v) is 4.90. The highest BCUT2D eigenvalue weighted by molar-refractivity contribution is 5.92. The number of nitrogens with zero attached hydrogens (tertiary/aromatic N) is 3. The average Bonchev–Trinajstić information content (AvgIpc) is 2.38. The van der Waals surface area contributed by atoms with Crippen LogP contribution in [0.1, 0.15) is 23.3 Å². The fraction of sp³-hybridized carbons (Fsp3) is 0.538. The van der Waals surface area contributed by atoms with Gasteiger partial charge in [-0.2, -0.15) is 0 Å². The number of likely N-dealkylation sites (tertiary alicyclic amines) is 1. The maximum absolute atomic E-state index is 12.3. The van der Waals surface area contributed by atoms with Gasteiger partial charge < -0.3 is 15.5 Å². The minimum atomic E-state index is -0.0446. The Morgan fingerprint density at radius 3 is 2.72 bits per heavy atom. The first-order chi connectivity index (χ1) is 8.58. The van der Waals surface area contributed by atoms with E-state index in [4.69, 9.17) is 5.73 Å². The topological polar surface area (TPSA) is 62.5 Å². The van der Waals surface area contributed by atoms with Crippen molar-refractivity contribution >= 4 is 11.7 Å². The van der Waals surface area contributed by atoms with Crippen LogP contribution in [0, 0.1) is 0 Å². The summed E-state index contributed by atoms with van der Waals surface area (Å²) in [4.78, 5) is 20.4. The van der Waals surface area contributed by atoms with Gasteiger partial charge in [0.2, 0.25) is 0 Å². The van der Waals surface area contributed by atoms with Gasteiger partial charge in [0.25, 0.3) is 5.91 Å². The highest BCUT2D eigenvalue weighted by Gasteiger charge is 2.25. The van der Waals surface area contributed by atoms with Crippen molar-refractivity contribution in [2.45, 2.75) is 18.9 Å². The third-order valence-corrected chi connectivity index (χ3v) is 3.55. The number of nitrogen functional groups attached to an aromatic ring is 1. The smallest absolute Gasteiger partial charge is 0.272 e. The molecule has 0 aliphatic carbocycles. The van der Waals surface area contributed by atoms with Crippen molar-refractivity contribution in [3.8, 4) is 0 Å². The molecule has 1 aliphatic rings. The highest BCUT2D eigenvalue weighted by atomic mass is 16.2. The molecule has 2 rings (SSSR count). The summed E-state index contributed by atoms with van der Waals surface area (Å²) in [5.74, 6) is 0.342. The first-order valence-corrected chi connectivity index (χ1v) is 6.26. The number of anilines is 1. The normalized spacial score (nSPS) is 17.7. The van der Waals surface area contributed by atoms with Gasteiger partial charge in [0, 0.05) is 13.1 Å². The average molecular weight is 248 g/mol. The lowest BCUT2D eigenvalue weighted by Crippen LogP contribution is -2.44. The summed E-state index contributed by atoms with van der Waals surface area (Å²) in [5, 5.41) is 0. The molecule has 0 aromatic carbocycles. The molecule has 1 aromatic heterocycles. The van der Waals surface area contributed by atoms with Crippen LogP contribution >= 0.6 is 0 Å². The summed E-state index contributed by atoms with van der Waals surface area (Å²) in [6.45, 7) is 2.07. The van der Waals surface area contributed by atoms with Gasteiger partial charge in [0.15, 0.2) is 0 Å². The van der Waals surface area contributed by atoms with Crippen molar-refractivity contribution in [1.29, 1.82) is 0 Å². The monoisotopic (exact) mass is 248 g/mol. The molecule has 0 unspecified atom stereocenters. The minimum Gasteiger partial charge on any atom is -0.384 e. The molecule has 2 heterocycles. The maximum atomic E-state index is 12.3. The Hall–Kier alpha value is -1.62. The molecule has 0 atom stereocenters. The summed E-state index contributed by atoms with van der Waals surface area (Å²) >= 11 is 0. The van der Waals surface area contributed by atoms with Gasteiger partial charge in [-0.1, -0.05) is 6.07 Å². The molecule has 98 valence electrons. The van der Waals surface area contributed by atoms with Gasteiger partial charge in [-0.15, -0.1) is 0 Å². The lowest BCUT2D eigenvalue weighted by Gasteiger charge is -2.34. The van der Waals surface area contributed by atoms with Gasteiger partial charge in [0.05, 0.1) is 0 Å².